The van der Waals surface area contributed by atoms with Crippen LogP contribution >= 0.6 is 0 Å². The summed E-state index contributed by atoms with van der Waals surface area (Å²) < 4.78 is 0. The van der Waals surface area contributed by atoms with E-state index in [4.69, 9.17) is 5.73 Å². The Labute approximate surface area is 149 Å². The number of primary amides is 1. The van der Waals surface area contributed by atoms with Gasteiger partial charge in [0.2, 0.25) is 11.8 Å². The van der Waals surface area contributed by atoms with Gasteiger partial charge < -0.3 is 10.6 Å². The number of piperazine rings is 1. The fourth-order valence-corrected chi connectivity index (χ4v) is 4.40. The van der Waals surface area contributed by atoms with E-state index in [9.17, 15) is 9.59 Å². The highest BCUT2D eigenvalue weighted by Crippen LogP contribution is 2.48. The Morgan fingerprint density at radius 3 is 2.40 bits per heavy atom. The Morgan fingerprint density at radius 1 is 1.12 bits per heavy atom. The van der Waals surface area contributed by atoms with Crippen LogP contribution in [0.15, 0.2) is 24.3 Å². The summed E-state index contributed by atoms with van der Waals surface area (Å²) in [5, 5.41) is 0. The topological polar surface area (TPSA) is 66.6 Å². The molecule has 0 radical (unpaired) electrons. The Bertz CT molecular complexity index is 668. The lowest BCUT2D eigenvalue weighted by molar-refractivity contribution is -0.136. The van der Waals surface area contributed by atoms with Crippen molar-refractivity contribution in [1.82, 2.24) is 9.80 Å². The Balaban J connectivity index is 1.34. The van der Waals surface area contributed by atoms with Crippen molar-refractivity contribution in [2.75, 3.05) is 19.6 Å². The predicted molar refractivity (Wildman–Crippen MR) is 96.2 cm³/mol. The highest BCUT2D eigenvalue weighted by molar-refractivity contribution is 5.92. The van der Waals surface area contributed by atoms with Gasteiger partial charge in [0.15, 0.2) is 0 Å². The molecule has 25 heavy (non-hydrogen) atoms. The molecule has 1 aromatic carbocycles. The van der Waals surface area contributed by atoms with Gasteiger partial charge in [0.1, 0.15) is 0 Å². The molecule has 0 unspecified atom stereocenters. The van der Waals surface area contributed by atoms with E-state index in [1.807, 2.05) is 12.1 Å². The van der Waals surface area contributed by atoms with Gasteiger partial charge in [-0.25, -0.2) is 0 Å². The van der Waals surface area contributed by atoms with E-state index in [1.54, 1.807) is 12.1 Å². The zero-order valence-corrected chi connectivity index (χ0v) is 14.9. The first kappa shape index (κ1) is 16.6. The van der Waals surface area contributed by atoms with Gasteiger partial charge in [-0.2, -0.15) is 0 Å². The van der Waals surface area contributed by atoms with Crippen molar-refractivity contribution < 1.29 is 9.59 Å². The maximum atomic E-state index is 12.9. The molecule has 2 amide bonds. The third-order valence-corrected chi connectivity index (χ3v) is 6.27. The normalized spacial score (nSPS) is 30.0. The number of carbonyl (C=O) groups is 2. The number of nitrogens with two attached hydrogens (primary N) is 1. The first-order chi connectivity index (χ1) is 12.0. The van der Waals surface area contributed by atoms with Gasteiger partial charge in [0.05, 0.1) is 0 Å². The van der Waals surface area contributed by atoms with Crippen LogP contribution < -0.4 is 5.73 Å². The predicted octanol–water partition coefficient (Wildman–Crippen LogP) is 1.97. The maximum absolute atomic E-state index is 12.9. The van der Waals surface area contributed by atoms with E-state index in [0.29, 0.717) is 23.4 Å². The van der Waals surface area contributed by atoms with Crippen molar-refractivity contribution in [2.24, 2.45) is 11.7 Å². The molecule has 3 fully saturated rings. The third-order valence-electron chi connectivity index (χ3n) is 6.27. The van der Waals surface area contributed by atoms with Gasteiger partial charge in [-0.05, 0) is 49.8 Å². The van der Waals surface area contributed by atoms with Crippen molar-refractivity contribution in [2.45, 2.75) is 50.6 Å². The van der Waals surface area contributed by atoms with E-state index in [-0.39, 0.29) is 5.92 Å². The molecule has 3 atom stereocenters. The first-order valence-corrected chi connectivity index (χ1v) is 9.49. The molecular weight excluding hydrogens is 314 g/mol. The second kappa shape index (κ2) is 6.45. The minimum atomic E-state index is -0.409. The molecule has 2 saturated carbocycles. The van der Waals surface area contributed by atoms with Gasteiger partial charge in [-0.15, -0.1) is 0 Å². The lowest BCUT2D eigenvalue weighted by Crippen LogP contribution is -2.58. The molecule has 134 valence electrons. The number of carbonyl (C=O) groups excluding carboxylic acids is 2. The highest BCUT2D eigenvalue weighted by Gasteiger charge is 2.47. The van der Waals surface area contributed by atoms with Crippen LogP contribution in [0.5, 0.6) is 0 Å². The Morgan fingerprint density at radius 2 is 1.84 bits per heavy atom. The van der Waals surface area contributed by atoms with Crippen LogP contribution in [-0.4, -0.2) is 53.3 Å². The summed E-state index contributed by atoms with van der Waals surface area (Å²) >= 11 is 0. The van der Waals surface area contributed by atoms with Crippen LogP contribution in [0.2, 0.25) is 0 Å². The van der Waals surface area contributed by atoms with Crippen molar-refractivity contribution in [3.05, 3.63) is 35.4 Å². The van der Waals surface area contributed by atoms with E-state index in [2.05, 4.69) is 16.7 Å². The molecule has 3 aliphatic rings. The van der Waals surface area contributed by atoms with Crippen molar-refractivity contribution in [1.29, 1.82) is 0 Å². The summed E-state index contributed by atoms with van der Waals surface area (Å²) in [5.74, 6) is 0.314. The number of amides is 2. The second-order valence-electron chi connectivity index (χ2n) is 7.89. The standard InChI is InChI=1S/C20H27N3O2/c1-13-12-22(9-10-23(13)16-3-2-4-16)20(25)18-11-17(18)14-5-7-15(8-6-14)19(21)24/h5-8,13,16-18H,2-4,9-12H2,1H3,(H2,21,24)/t13-,17+,18-/m0/s1. The monoisotopic (exact) mass is 341 g/mol. The Hall–Kier alpha value is -1.88. The van der Waals surface area contributed by atoms with Gasteiger partial charge >= 0.3 is 0 Å². The molecule has 0 bridgehead atoms. The van der Waals surface area contributed by atoms with Gasteiger partial charge in [0.25, 0.3) is 0 Å². The average Bonchev–Trinajstić information content (AvgIpc) is 3.35. The molecule has 2 N–H and O–H groups in total. The summed E-state index contributed by atoms with van der Waals surface area (Å²) in [6.45, 7) is 5.00. The molecule has 5 nitrogen and oxygen atoms in total. The minimum absolute atomic E-state index is 0.113. The largest absolute Gasteiger partial charge is 0.366 e. The molecule has 0 aromatic heterocycles. The lowest BCUT2D eigenvalue weighted by Gasteiger charge is -2.47. The SMILES string of the molecule is C[C@H]1CN(C(=O)[C@H]2C[C@@H]2c2ccc(C(N)=O)cc2)CCN1C1CCC1. The summed E-state index contributed by atoms with van der Waals surface area (Å²) in [5.41, 5.74) is 6.95. The van der Waals surface area contributed by atoms with E-state index in [1.165, 1.54) is 19.3 Å². The van der Waals surface area contributed by atoms with E-state index < -0.39 is 5.91 Å². The fraction of sp³-hybridized carbons (Fsp3) is 0.600. The van der Waals surface area contributed by atoms with Crippen molar-refractivity contribution in [3.63, 3.8) is 0 Å². The minimum Gasteiger partial charge on any atom is -0.366 e. The number of benzene rings is 1. The average molecular weight is 341 g/mol. The summed E-state index contributed by atoms with van der Waals surface area (Å²) in [6.07, 6.45) is 4.93. The zero-order chi connectivity index (χ0) is 17.6. The molecule has 1 aliphatic heterocycles. The molecular formula is C20H27N3O2. The van der Waals surface area contributed by atoms with E-state index >= 15 is 0 Å². The van der Waals surface area contributed by atoms with Crippen LogP contribution in [-0.2, 0) is 4.79 Å². The quantitative estimate of drug-likeness (QED) is 0.910. The van der Waals surface area contributed by atoms with Crippen LogP contribution in [0, 0.1) is 5.92 Å². The fourth-order valence-electron chi connectivity index (χ4n) is 4.40. The Kier molecular flexibility index (Phi) is 4.28. The summed E-state index contributed by atoms with van der Waals surface area (Å²) in [4.78, 5) is 28.7. The van der Waals surface area contributed by atoms with Gasteiger partial charge in [-0.1, -0.05) is 18.6 Å². The smallest absolute Gasteiger partial charge is 0.248 e. The van der Waals surface area contributed by atoms with E-state index in [0.717, 1.165) is 37.7 Å². The maximum Gasteiger partial charge on any atom is 0.248 e. The van der Waals surface area contributed by atoms with Crippen LogP contribution in [0.3, 0.4) is 0 Å². The molecule has 0 spiro atoms. The van der Waals surface area contributed by atoms with Crippen LogP contribution in [0.25, 0.3) is 0 Å². The molecule has 1 aromatic rings. The molecule has 1 heterocycles. The molecule has 5 heteroatoms. The first-order valence-electron chi connectivity index (χ1n) is 9.49. The number of hydrogen-bond donors (Lipinski definition) is 1. The number of nitrogens with zero attached hydrogens (tertiary/aromatic N) is 2. The summed E-state index contributed by atoms with van der Waals surface area (Å²) in [6, 6.07) is 8.62. The second-order valence-corrected chi connectivity index (χ2v) is 7.89. The van der Waals surface area contributed by atoms with Crippen molar-refractivity contribution in [3.8, 4) is 0 Å². The number of rotatable bonds is 4. The lowest BCUT2D eigenvalue weighted by atomic mass is 9.89. The van der Waals surface area contributed by atoms with Crippen LogP contribution in [0.4, 0.5) is 0 Å². The van der Waals surface area contributed by atoms with Gasteiger partial charge in [0, 0.05) is 43.2 Å². The molecule has 4 rings (SSSR count). The third kappa shape index (κ3) is 3.17. The zero-order valence-electron chi connectivity index (χ0n) is 14.9. The molecule has 2 aliphatic carbocycles. The highest BCUT2D eigenvalue weighted by atomic mass is 16.2. The van der Waals surface area contributed by atoms with Crippen LogP contribution in [0.1, 0.15) is 54.4 Å². The van der Waals surface area contributed by atoms with Crippen molar-refractivity contribution >= 4 is 11.8 Å². The summed E-state index contributed by atoms with van der Waals surface area (Å²) in [7, 11) is 0. The number of hydrogen-bond acceptors (Lipinski definition) is 3. The molecule has 1 saturated heterocycles. The van der Waals surface area contributed by atoms with Gasteiger partial charge in [-0.3, -0.25) is 14.5 Å².